The van der Waals surface area contributed by atoms with Crippen molar-refractivity contribution in [3.8, 4) is 0 Å². The number of nitrogens with two attached hydrogens (primary N) is 2. The molecule has 2 fully saturated rings. The lowest BCUT2D eigenvalue weighted by Gasteiger charge is -2.00. The van der Waals surface area contributed by atoms with Crippen LogP contribution in [0.3, 0.4) is 0 Å². The summed E-state index contributed by atoms with van der Waals surface area (Å²) in [6, 6.07) is 0. The summed E-state index contributed by atoms with van der Waals surface area (Å²) in [5, 5.41) is 0. The first kappa shape index (κ1) is 8.53. The molecule has 5 nitrogen and oxygen atoms in total. The lowest BCUT2D eigenvalue weighted by molar-refractivity contribution is 0.112. The molecule has 2 aliphatic carbocycles. The van der Waals surface area contributed by atoms with E-state index < -0.39 is 19.7 Å². The minimum absolute atomic E-state index is 0.696. The summed E-state index contributed by atoms with van der Waals surface area (Å²) in [6.07, 6.45) is 2.98. The van der Waals surface area contributed by atoms with Crippen LogP contribution in [0.1, 0.15) is 25.7 Å². The van der Waals surface area contributed by atoms with Gasteiger partial charge in [-0.3, -0.25) is 11.5 Å². The van der Waals surface area contributed by atoms with E-state index in [4.69, 9.17) is 20.5 Å². The number of rotatable bonds is 4. The van der Waals surface area contributed by atoms with Crippen LogP contribution < -0.4 is 11.5 Å². The smallest absolute Gasteiger partial charge is 0.299 e. The Bertz CT molecular complexity index is 203. The highest BCUT2D eigenvalue weighted by Gasteiger charge is 2.54. The Labute approximate surface area is 71.3 Å². The van der Waals surface area contributed by atoms with E-state index in [1.165, 1.54) is 0 Å². The fraction of sp³-hybridized carbons (Fsp3) is 1.00. The van der Waals surface area contributed by atoms with Gasteiger partial charge in [-0.2, -0.15) is 0 Å². The van der Waals surface area contributed by atoms with Crippen LogP contribution in [0, 0.1) is 0 Å². The van der Waals surface area contributed by atoms with E-state index >= 15 is 0 Å². The molecular formula is C6H12N2O3P+. The van der Waals surface area contributed by atoms with Gasteiger partial charge >= 0.3 is 8.25 Å². The fourth-order valence-electron chi connectivity index (χ4n) is 0.744. The maximum atomic E-state index is 11.1. The molecule has 68 valence electrons. The molecule has 2 aliphatic rings. The normalized spacial score (nSPS) is 28.2. The van der Waals surface area contributed by atoms with E-state index in [1.807, 2.05) is 0 Å². The summed E-state index contributed by atoms with van der Waals surface area (Å²) in [4.78, 5) is 0. The Morgan fingerprint density at radius 3 is 1.58 bits per heavy atom. The van der Waals surface area contributed by atoms with Crippen LogP contribution in [-0.4, -0.2) is 11.4 Å². The second-order valence-electron chi connectivity index (χ2n) is 3.54. The zero-order chi connectivity index (χ0) is 8.82. The number of hydrogen-bond acceptors (Lipinski definition) is 5. The van der Waals surface area contributed by atoms with Crippen molar-refractivity contribution < 1.29 is 13.6 Å². The SMILES string of the molecule is NC1(O[P+](=O)OC2(N)CC2)CC1. The van der Waals surface area contributed by atoms with Crippen LogP contribution >= 0.6 is 8.25 Å². The zero-order valence-corrected chi connectivity index (χ0v) is 7.55. The van der Waals surface area contributed by atoms with Crippen LogP contribution in [0.5, 0.6) is 0 Å². The third-order valence-corrected chi connectivity index (χ3v) is 3.02. The molecule has 0 bridgehead atoms. The van der Waals surface area contributed by atoms with Gasteiger partial charge < -0.3 is 0 Å². The summed E-state index contributed by atoms with van der Waals surface area (Å²) in [5.41, 5.74) is 9.73. The van der Waals surface area contributed by atoms with Crippen molar-refractivity contribution in [2.75, 3.05) is 0 Å². The minimum atomic E-state index is -2.13. The first-order chi connectivity index (χ1) is 5.52. The number of hydrogen-bond donors (Lipinski definition) is 2. The Hall–Kier alpha value is -0.0600. The summed E-state index contributed by atoms with van der Waals surface area (Å²) < 4.78 is 21.0. The fourth-order valence-corrected chi connectivity index (χ4v) is 1.74. The van der Waals surface area contributed by atoms with E-state index in [-0.39, 0.29) is 0 Å². The van der Waals surface area contributed by atoms with Crippen molar-refractivity contribution in [1.82, 2.24) is 0 Å². The monoisotopic (exact) mass is 191 g/mol. The molecular weight excluding hydrogens is 179 g/mol. The first-order valence-corrected chi connectivity index (χ1v) is 5.04. The predicted octanol–water partition coefficient (Wildman–Crippen LogP) is 0.575. The van der Waals surface area contributed by atoms with Crippen molar-refractivity contribution in [3.63, 3.8) is 0 Å². The zero-order valence-electron chi connectivity index (χ0n) is 6.66. The van der Waals surface area contributed by atoms with Crippen LogP contribution in [0.15, 0.2) is 0 Å². The van der Waals surface area contributed by atoms with Gasteiger partial charge in [0, 0.05) is 4.57 Å². The van der Waals surface area contributed by atoms with Crippen molar-refractivity contribution in [3.05, 3.63) is 0 Å². The molecule has 0 aromatic carbocycles. The van der Waals surface area contributed by atoms with Crippen molar-refractivity contribution in [2.45, 2.75) is 37.1 Å². The highest BCUT2D eigenvalue weighted by atomic mass is 31.1. The molecule has 12 heavy (non-hydrogen) atoms. The summed E-state index contributed by atoms with van der Waals surface area (Å²) in [7, 11) is -2.13. The maximum absolute atomic E-state index is 11.1. The molecule has 0 aliphatic heterocycles. The molecule has 0 aromatic rings. The Kier molecular flexibility index (Phi) is 1.75. The van der Waals surface area contributed by atoms with Crippen LogP contribution in [0.25, 0.3) is 0 Å². The van der Waals surface area contributed by atoms with Gasteiger partial charge in [0.05, 0.1) is 0 Å². The second-order valence-corrected chi connectivity index (χ2v) is 4.35. The molecule has 0 saturated heterocycles. The van der Waals surface area contributed by atoms with Gasteiger partial charge in [0.2, 0.25) is 0 Å². The van der Waals surface area contributed by atoms with Gasteiger partial charge in [-0.05, 0) is 25.7 Å². The van der Waals surface area contributed by atoms with Crippen LogP contribution in [0.2, 0.25) is 0 Å². The highest BCUT2D eigenvalue weighted by molar-refractivity contribution is 7.33. The third-order valence-electron chi connectivity index (χ3n) is 2.00. The second kappa shape index (κ2) is 2.47. The molecule has 4 N–H and O–H groups in total. The van der Waals surface area contributed by atoms with Gasteiger partial charge in [0.1, 0.15) is 0 Å². The predicted molar refractivity (Wildman–Crippen MR) is 42.1 cm³/mol. The Balaban J connectivity index is 1.77. The average Bonchev–Trinajstić information content (AvgIpc) is 2.76. The molecule has 0 heterocycles. The van der Waals surface area contributed by atoms with E-state index in [0.29, 0.717) is 0 Å². The summed E-state index contributed by atoms with van der Waals surface area (Å²) in [5.74, 6) is 0. The van der Waals surface area contributed by atoms with Gasteiger partial charge in [0.25, 0.3) is 0 Å². The van der Waals surface area contributed by atoms with E-state index in [0.717, 1.165) is 25.7 Å². The van der Waals surface area contributed by atoms with Gasteiger partial charge in [-0.15, -0.1) is 0 Å². The molecule has 2 saturated carbocycles. The van der Waals surface area contributed by atoms with Crippen molar-refractivity contribution in [1.29, 1.82) is 0 Å². The van der Waals surface area contributed by atoms with Crippen molar-refractivity contribution >= 4 is 8.25 Å². The molecule has 0 unspecified atom stereocenters. The summed E-state index contributed by atoms with van der Waals surface area (Å²) >= 11 is 0. The molecule has 6 heteroatoms. The minimum Gasteiger partial charge on any atom is -0.299 e. The summed E-state index contributed by atoms with van der Waals surface area (Å²) in [6.45, 7) is 0. The van der Waals surface area contributed by atoms with Crippen LogP contribution in [-0.2, 0) is 13.6 Å². The highest BCUT2D eigenvalue weighted by Crippen LogP contribution is 2.48. The Morgan fingerprint density at radius 2 is 1.33 bits per heavy atom. The maximum Gasteiger partial charge on any atom is 0.701 e. The average molecular weight is 191 g/mol. The van der Waals surface area contributed by atoms with Gasteiger partial charge in [-0.25, -0.2) is 0 Å². The molecule has 0 spiro atoms. The van der Waals surface area contributed by atoms with Crippen molar-refractivity contribution in [2.24, 2.45) is 11.5 Å². The lowest BCUT2D eigenvalue weighted by Crippen LogP contribution is -2.26. The molecule has 0 aromatic heterocycles. The molecule has 0 radical (unpaired) electrons. The topological polar surface area (TPSA) is 87.6 Å². The molecule has 0 atom stereocenters. The Morgan fingerprint density at radius 1 is 1.00 bits per heavy atom. The van der Waals surface area contributed by atoms with E-state index in [1.54, 1.807) is 0 Å². The van der Waals surface area contributed by atoms with Crippen LogP contribution in [0.4, 0.5) is 0 Å². The van der Waals surface area contributed by atoms with Gasteiger partial charge in [0.15, 0.2) is 11.4 Å². The third kappa shape index (κ3) is 2.00. The first-order valence-electron chi connectivity index (χ1n) is 3.95. The lowest BCUT2D eigenvalue weighted by atomic mass is 10.7. The van der Waals surface area contributed by atoms with E-state index in [9.17, 15) is 4.57 Å². The largest absolute Gasteiger partial charge is 0.701 e. The standard InChI is InChI=1S/C6H12N2O3P/c7-5(1-2-5)10-12(9)11-6(8)3-4-6/h1-4,7-8H2/q+1. The van der Waals surface area contributed by atoms with E-state index in [2.05, 4.69) is 0 Å². The quantitative estimate of drug-likeness (QED) is 0.501. The molecule has 0 amide bonds. The molecule has 2 rings (SSSR count). The van der Waals surface area contributed by atoms with Gasteiger partial charge in [-0.1, -0.05) is 9.05 Å².